The molecule has 2 amide bonds. The van der Waals surface area contributed by atoms with Gasteiger partial charge in [-0.15, -0.1) is 0 Å². The Balaban J connectivity index is 1.93. The number of aromatic nitrogens is 2. The molecule has 0 aliphatic carbocycles. The quantitative estimate of drug-likeness (QED) is 0.920. The van der Waals surface area contributed by atoms with E-state index in [0.717, 1.165) is 29.9 Å². The summed E-state index contributed by atoms with van der Waals surface area (Å²) >= 11 is 0. The SMILES string of the molecule is Cc1nn(-c2ccc(C#N)cc2)c(NC(=O)N2CCC2(C)C)c1C. The largest absolute Gasteiger partial charge is 0.323 e. The first-order chi connectivity index (χ1) is 11.3. The normalized spacial score (nSPS) is 15.5. The van der Waals surface area contributed by atoms with E-state index in [1.54, 1.807) is 16.8 Å². The van der Waals surface area contributed by atoms with Crippen molar-refractivity contribution in [2.75, 3.05) is 11.9 Å². The van der Waals surface area contributed by atoms with Gasteiger partial charge in [-0.1, -0.05) is 0 Å². The molecule has 1 aliphatic rings. The minimum absolute atomic E-state index is 0.105. The van der Waals surface area contributed by atoms with Crippen LogP contribution in [0, 0.1) is 25.2 Å². The number of amides is 2. The Morgan fingerprint density at radius 1 is 1.29 bits per heavy atom. The van der Waals surface area contributed by atoms with Crippen molar-refractivity contribution >= 4 is 11.8 Å². The van der Waals surface area contributed by atoms with Gasteiger partial charge in [0.2, 0.25) is 0 Å². The van der Waals surface area contributed by atoms with Gasteiger partial charge in [-0.2, -0.15) is 10.4 Å². The molecule has 0 bridgehead atoms. The molecule has 0 spiro atoms. The highest BCUT2D eigenvalue weighted by Gasteiger charge is 2.39. The zero-order valence-electron chi connectivity index (χ0n) is 14.4. The van der Waals surface area contributed by atoms with Crippen molar-refractivity contribution in [3.8, 4) is 11.8 Å². The molecular weight excluding hydrogens is 302 g/mol. The molecule has 24 heavy (non-hydrogen) atoms. The van der Waals surface area contributed by atoms with E-state index in [1.807, 2.05) is 30.9 Å². The van der Waals surface area contributed by atoms with Crippen molar-refractivity contribution in [2.45, 2.75) is 39.7 Å². The minimum atomic E-state index is -0.107. The Morgan fingerprint density at radius 2 is 1.96 bits per heavy atom. The number of nitrogens with zero attached hydrogens (tertiary/aromatic N) is 4. The predicted molar refractivity (Wildman–Crippen MR) is 92.2 cm³/mol. The Hall–Kier alpha value is -2.81. The lowest BCUT2D eigenvalue weighted by Crippen LogP contribution is -2.59. The molecule has 2 aromatic rings. The summed E-state index contributed by atoms with van der Waals surface area (Å²) in [4.78, 5) is 14.4. The van der Waals surface area contributed by atoms with Gasteiger partial charge < -0.3 is 4.90 Å². The van der Waals surface area contributed by atoms with Gasteiger partial charge in [0.25, 0.3) is 0 Å². The van der Waals surface area contributed by atoms with Crippen LogP contribution in [0.3, 0.4) is 0 Å². The van der Waals surface area contributed by atoms with Gasteiger partial charge in [-0.25, -0.2) is 9.48 Å². The fourth-order valence-electron chi connectivity index (χ4n) is 2.83. The van der Waals surface area contributed by atoms with Gasteiger partial charge in [-0.3, -0.25) is 5.32 Å². The van der Waals surface area contributed by atoms with Crippen LogP contribution in [0.25, 0.3) is 5.69 Å². The number of hydrogen-bond donors (Lipinski definition) is 1. The first-order valence-corrected chi connectivity index (χ1v) is 7.99. The first-order valence-electron chi connectivity index (χ1n) is 7.99. The molecule has 1 aromatic carbocycles. The number of nitrogens with one attached hydrogen (secondary N) is 1. The van der Waals surface area contributed by atoms with Crippen LogP contribution in [0.5, 0.6) is 0 Å². The fraction of sp³-hybridized carbons (Fsp3) is 0.389. The van der Waals surface area contributed by atoms with Crippen LogP contribution in [0.4, 0.5) is 10.6 Å². The van der Waals surface area contributed by atoms with Crippen molar-refractivity contribution in [3.05, 3.63) is 41.1 Å². The van der Waals surface area contributed by atoms with Gasteiger partial charge >= 0.3 is 6.03 Å². The highest BCUT2D eigenvalue weighted by Crippen LogP contribution is 2.31. The van der Waals surface area contributed by atoms with Crippen molar-refractivity contribution in [1.82, 2.24) is 14.7 Å². The third kappa shape index (κ3) is 2.62. The summed E-state index contributed by atoms with van der Waals surface area (Å²) < 4.78 is 1.72. The molecule has 0 saturated carbocycles. The zero-order valence-corrected chi connectivity index (χ0v) is 14.4. The number of carbonyl (C=O) groups is 1. The Labute approximate surface area is 141 Å². The highest BCUT2D eigenvalue weighted by molar-refractivity contribution is 5.90. The van der Waals surface area contributed by atoms with Crippen molar-refractivity contribution in [3.63, 3.8) is 0 Å². The molecule has 1 fully saturated rings. The highest BCUT2D eigenvalue weighted by atomic mass is 16.2. The van der Waals surface area contributed by atoms with E-state index in [1.165, 1.54) is 0 Å². The average molecular weight is 323 g/mol. The molecule has 6 heteroatoms. The number of likely N-dealkylation sites (tertiary alicyclic amines) is 1. The summed E-state index contributed by atoms with van der Waals surface area (Å²) in [5.41, 5.74) is 3.09. The van der Waals surface area contributed by atoms with Crippen molar-refractivity contribution < 1.29 is 4.79 Å². The Morgan fingerprint density at radius 3 is 2.46 bits per heavy atom. The standard InChI is InChI=1S/C18H21N5O/c1-12-13(2)21-23(15-7-5-14(11-19)6-8-15)16(12)20-17(24)22-10-9-18(22,3)4/h5-8H,9-10H2,1-4H3,(H,20,24). The number of aryl methyl sites for hydroxylation is 1. The monoisotopic (exact) mass is 323 g/mol. The van der Waals surface area contributed by atoms with Crippen molar-refractivity contribution in [2.24, 2.45) is 0 Å². The van der Waals surface area contributed by atoms with Gasteiger partial charge in [0.15, 0.2) is 0 Å². The second-order valence-corrected chi connectivity index (χ2v) is 6.77. The maximum Gasteiger partial charge on any atom is 0.323 e. The first kappa shape index (κ1) is 16.1. The summed E-state index contributed by atoms with van der Waals surface area (Å²) in [5, 5.41) is 16.5. The molecule has 6 nitrogen and oxygen atoms in total. The predicted octanol–water partition coefficient (Wildman–Crippen LogP) is 3.38. The van der Waals surface area contributed by atoms with Gasteiger partial charge in [-0.05, 0) is 58.4 Å². The van der Waals surface area contributed by atoms with E-state index >= 15 is 0 Å². The van der Waals surface area contributed by atoms with E-state index in [0.29, 0.717) is 11.4 Å². The van der Waals surface area contributed by atoms with E-state index in [-0.39, 0.29) is 11.6 Å². The molecule has 124 valence electrons. The Kier molecular flexibility index (Phi) is 3.80. The van der Waals surface area contributed by atoms with Gasteiger partial charge in [0.05, 0.1) is 23.0 Å². The summed E-state index contributed by atoms with van der Waals surface area (Å²) in [6.45, 7) is 8.75. The molecule has 0 unspecified atom stereocenters. The second-order valence-electron chi connectivity index (χ2n) is 6.77. The number of hydrogen-bond acceptors (Lipinski definition) is 3. The molecule has 1 N–H and O–H groups in total. The van der Waals surface area contributed by atoms with Crippen LogP contribution in [0.1, 0.15) is 37.1 Å². The molecule has 1 saturated heterocycles. The zero-order chi connectivity index (χ0) is 17.5. The number of rotatable bonds is 2. The minimum Gasteiger partial charge on any atom is -0.319 e. The van der Waals surface area contributed by atoms with Crippen LogP contribution in [0.2, 0.25) is 0 Å². The van der Waals surface area contributed by atoms with E-state index < -0.39 is 0 Å². The third-order valence-electron chi connectivity index (χ3n) is 4.75. The number of carbonyl (C=O) groups excluding carboxylic acids is 1. The lowest BCUT2D eigenvalue weighted by molar-refractivity contribution is 0.0610. The number of anilines is 1. The average Bonchev–Trinajstić information content (AvgIpc) is 2.82. The molecule has 0 atom stereocenters. The van der Waals surface area contributed by atoms with E-state index in [2.05, 4.69) is 30.3 Å². The second kappa shape index (κ2) is 5.68. The number of urea groups is 1. The smallest absolute Gasteiger partial charge is 0.319 e. The fourth-order valence-corrected chi connectivity index (χ4v) is 2.83. The van der Waals surface area contributed by atoms with Gasteiger partial charge in [0.1, 0.15) is 5.82 Å². The number of benzene rings is 1. The topological polar surface area (TPSA) is 74.0 Å². The van der Waals surface area contributed by atoms with Gasteiger partial charge in [0, 0.05) is 17.6 Å². The lowest BCUT2D eigenvalue weighted by Gasteiger charge is -2.48. The van der Waals surface area contributed by atoms with Crippen LogP contribution in [-0.2, 0) is 0 Å². The molecule has 0 radical (unpaired) electrons. The molecular formula is C18H21N5O. The van der Waals surface area contributed by atoms with Crippen LogP contribution >= 0.6 is 0 Å². The van der Waals surface area contributed by atoms with Crippen molar-refractivity contribution in [1.29, 1.82) is 5.26 Å². The maximum absolute atomic E-state index is 12.6. The number of nitriles is 1. The summed E-state index contributed by atoms with van der Waals surface area (Å²) in [5.74, 6) is 0.671. The van der Waals surface area contributed by atoms with E-state index in [4.69, 9.17) is 5.26 Å². The van der Waals surface area contributed by atoms with Crippen LogP contribution in [0.15, 0.2) is 24.3 Å². The maximum atomic E-state index is 12.6. The van der Waals surface area contributed by atoms with E-state index in [9.17, 15) is 4.79 Å². The third-order valence-corrected chi connectivity index (χ3v) is 4.75. The Bertz CT molecular complexity index is 826. The molecule has 2 heterocycles. The summed E-state index contributed by atoms with van der Waals surface area (Å²) in [7, 11) is 0. The molecule has 3 rings (SSSR count). The molecule has 1 aromatic heterocycles. The van der Waals surface area contributed by atoms with Crippen LogP contribution < -0.4 is 5.32 Å². The lowest BCUT2D eigenvalue weighted by atomic mass is 9.89. The van der Waals surface area contributed by atoms with Crippen LogP contribution in [-0.4, -0.2) is 32.8 Å². The summed E-state index contributed by atoms with van der Waals surface area (Å²) in [6, 6.07) is 9.13. The summed E-state index contributed by atoms with van der Waals surface area (Å²) in [6.07, 6.45) is 1.01. The molecule has 1 aliphatic heterocycles.